The SMILES string of the molecule is C=C(CN1Cc2c(ccc3ccc(-c4ccc(S(C)(=O)=O)cc4)cc23)C1=O)C(N)=O. The van der Waals surface area contributed by atoms with Crippen LogP contribution in [0.4, 0.5) is 0 Å². The Bertz CT molecular complexity index is 1330. The Morgan fingerprint density at radius 3 is 2.33 bits per heavy atom. The molecule has 7 heteroatoms. The van der Waals surface area contributed by atoms with E-state index in [-0.39, 0.29) is 22.9 Å². The number of sulfone groups is 1. The molecule has 3 aromatic rings. The topological polar surface area (TPSA) is 97.5 Å². The lowest BCUT2D eigenvalue weighted by Crippen LogP contribution is -2.30. The maximum absolute atomic E-state index is 12.8. The second-order valence-electron chi connectivity index (χ2n) is 7.45. The van der Waals surface area contributed by atoms with Gasteiger partial charge in [-0.15, -0.1) is 0 Å². The van der Waals surface area contributed by atoms with Gasteiger partial charge in [-0.1, -0.05) is 36.9 Å². The number of hydrogen-bond acceptors (Lipinski definition) is 4. The number of fused-ring (bicyclic) bond motifs is 3. The van der Waals surface area contributed by atoms with Crippen molar-refractivity contribution in [1.29, 1.82) is 0 Å². The van der Waals surface area contributed by atoms with Gasteiger partial charge in [-0.3, -0.25) is 9.59 Å². The molecule has 6 nitrogen and oxygen atoms in total. The number of carbonyl (C=O) groups excluding carboxylic acids is 2. The molecule has 0 saturated heterocycles. The minimum Gasteiger partial charge on any atom is -0.366 e. The summed E-state index contributed by atoms with van der Waals surface area (Å²) in [5, 5.41) is 1.94. The van der Waals surface area contributed by atoms with Crippen LogP contribution in [0.15, 0.2) is 71.6 Å². The summed E-state index contributed by atoms with van der Waals surface area (Å²) in [5.41, 5.74) is 8.74. The molecule has 0 fully saturated rings. The molecule has 3 aromatic carbocycles. The molecule has 2 amide bonds. The van der Waals surface area contributed by atoms with Crippen LogP contribution in [0.3, 0.4) is 0 Å². The molecule has 2 N–H and O–H groups in total. The molecule has 0 atom stereocenters. The Kier molecular flexibility index (Phi) is 4.70. The fourth-order valence-electron chi connectivity index (χ4n) is 3.70. The van der Waals surface area contributed by atoms with Gasteiger partial charge in [-0.2, -0.15) is 0 Å². The summed E-state index contributed by atoms with van der Waals surface area (Å²) in [5.74, 6) is -0.777. The van der Waals surface area contributed by atoms with E-state index in [9.17, 15) is 18.0 Å². The summed E-state index contributed by atoms with van der Waals surface area (Å²) in [4.78, 5) is 25.9. The highest BCUT2D eigenvalue weighted by Crippen LogP contribution is 2.33. The van der Waals surface area contributed by atoms with Gasteiger partial charge >= 0.3 is 0 Å². The highest BCUT2D eigenvalue weighted by molar-refractivity contribution is 7.90. The number of benzene rings is 3. The van der Waals surface area contributed by atoms with E-state index in [1.807, 2.05) is 24.3 Å². The van der Waals surface area contributed by atoms with Crippen LogP contribution in [-0.4, -0.2) is 37.9 Å². The molecular weight excluding hydrogens is 400 g/mol. The van der Waals surface area contributed by atoms with Gasteiger partial charge in [0, 0.05) is 23.9 Å². The molecular formula is C23H20N2O4S. The molecule has 4 rings (SSSR count). The zero-order valence-corrected chi connectivity index (χ0v) is 17.2. The molecule has 152 valence electrons. The quantitative estimate of drug-likeness (QED) is 0.642. The first-order chi connectivity index (χ1) is 14.1. The lowest BCUT2D eigenvalue weighted by molar-refractivity contribution is -0.114. The molecule has 0 aliphatic carbocycles. The highest BCUT2D eigenvalue weighted by Gasteiger charge is 2.29. The van der Waals surface area contributed by atoms with E-state index in [1.165, 1.54) is 6.26 Å². The van der Waals surface area contributed by atoms with Crippen molar-refractivity contribution in [3.8, 4) is 11.1 Å². The number of amides is 2. The number of primary amides is 1. The van der Waals surface area contributed by atoms with Crippen molar-refractivity contribution < 1.29 is 18.0 Å². The van der Waals surface area contributed by atoms with Crippen LogP contribution in [-0.2, 0) is 21.2 Å². The van der Waals surface area contributed by atoms with Crippen molar-refractivity contribution in [3.05, 3.63) is 77.9 Å². The normalized spacial score (nSPS) is 13.5. The van der Waals surface area contributed by atoms with Crippen LogP contribution in [0, 0.1) is 0 Å². The number of rotatable bonds is 5. The molecule has 0 aromatic heterocycles. The molecule has 0 spiro atoms. The van der Waals surface area contributed by atoms with Gasteiger partial charge in [0.05, 0.1) is 11.4 Å². The summed E-state index contributed by atoms with van der Waals surface area (Å²) < 4.78 is 23.4. The molecule has 30 heavy (non-hydrogen) atoms. The maximum atomic E-state index is 12.8. The van der Waals surface area contributed by atoms with E-state index in [0.717, 1.165) is 27.5 Å². The number of carbonyl (C=O) groups is 2. The van der Waals surface area contributed by atoms with Gasteiger partial charge in [-0.05, 0) is 51.7 Å². The summed E-state index contributed by atoms with van der Waals surface area (Å²) in [7, 11) is -3.26. The summed E-state index contributed by atoms with van der Waals surface area (Å²) >= 11 is 0. The van der Waals surface area contributed by atoms with Gasteiger partial charge < -0.3 is 10.6 Å². The zero-order chi connectivity index (χ0) is 21.6. The zero-order valence-electron chi connectivity index (χ0n) is 16.4. The molecule has 0 saturated carbocycles. The first kappa shape index (κ1) is 19.8. The highest BCUT2D eigenvalue weighted by atomic mass is 32.2. The van der Waals surface area contributed by atoms with E-state index >= 15 is 0 Å². The van der Waals surface area contributed by atoms with E-state index in [2.05, 4.69) is 6.58 Å². The van der Waals surface area contributed by atoms with Crippen LogP contribution >= 0.6 is 0 Å². The van der Waals surface area contributed by atoms with Gasteiger partial charge in [0.2, 0.25) is 5.91 Å². The van der Waals surface area contributed by atoms with Gasteiger partial charge in [0.1, 0.15) is 0 Å². The second kappa shape index (κ2) is 7.11. The van der Waals surface area contributed by atoms with Crippen molar-refractivity contribution in [2.24, 2.45) is 5.73 Å². The standard InChI is InChI=1S/C23H20N2O4S/c1-14(22(24)26)12-25-13-21-19(23(25)27)10-7-16-3-4-17(11-20(16)21)15-5-8-18(9-6-15)30(2,28)29/h3-11H,1,12-13H2,2H3,(H2,24,26). The lowest BCUT2D eigenvalue weighted by atomic mass is 9.96. The third-order valence-electron chi connectivity index (χ3n) is 5.35. The molecule has 1 aliphatic heterocycles. The van der Waals surface area contributed by atoms with E-state index in [0.29, 0.717) is 12.1 Å². The number of nitrogens with two attached hydrogens (primary N) is 1. The van der Waals surface area contributed by atoms with Crippen LogP contribution in [0.2, 0.25) is 0 Å². The predicted octanol–water partition coefficient (Wildman–Crippen LogP) is 2.91. The van der Waals surface area contributed by atoms with Gasteiger partial charge in [0.25, 0.3) is 5.91 Å². The summed E-state index contributed by atoms with van der Waals surface area (Å²) in [6, 6.07) is 16.4. The molecule has 0 bridgehead atoms. The average Bonchev–Trinajstić information content (AvgIpc) is 3.03. The van der Waals surface area contributed by atoms with Crippen molar-refractivity contribution in [2.75, 3.05) is 12.8 Å². The Labute approximate surface area is 174 Å². The molecule has 1 heterocycles. The molecule has 1 aliphatic rings. The second-order valence-corrected chi connectivity index (χ2v) is 9.47. The predicted molar refractivity (Wildman–Crippen MR) is 116 cm³/mol. The Hall–Kier alpha value is -3.45. The van der Waals surface area contributed by atoms with Crippen LogP contribution < -0.4 is 5.73 Å². The van der Waals surface area contributed by atoms with Crippen molar-refractivity contribution in [1.82, 2.24) is 4.90 Å². The van der Waals surface area contributed by atoms with Crippen LogP contribution in [0.25, 0.3) is 21.9 Å². The molecule has 0 radical (unpaired) electrons. The fraction of sp³-hybridized carbons (Fsp3) is 0.130. The maximum Gasteiger partial charge on any atom is 0.254 e. The van der Waals surface area contributed by atoms with Crippen LogP contribution in [0.5, 0.6) is 0 Å². The van der Waals surface area contributed by atoms with Gasteiger partial charge in [-0.25, -0.2) is 8.42 Å². The summed E-state index contributed by atoms with van der Waals surface area (Å²) in [6.07, 6.45) is 1.18. The first-order valence-corrected chi connectivity index (χ1v) is 11.2. The smallest absolute Gasteiger partial charge is 0.254 e. The largest absolute Gasteiger partial charge is 0.366 e. The first-order valence-electron chi connectivity index (χ1n) is 9.28. The Morgan fingerprint density at radius 1 is 1.07 bits per heavy atom. The Balaban J connectivity index is 1.74. The van der Waals surface area contributed by atoms with Crippen molar-refractivity contribution in [3.63, 3.8) is 0 Å². The van der Waals surface area contributed by atoms with E-state index < -0.39 is 15.7 Å². The van der Waals surface area contributed by atoms with Crippen molar-refractivity contribution in [2.45, 2.75) is 11.4 Å². The van der Waals surface area contributed by atoms with Gasteiger partial charge in [0.15, 0.2) is 9.84 Å². The number of hydrogen-bond donors (Lipinski definition) is 1. The third-order valence-corrected chi connectivity index (χ3v) is 6.47. The minimum absolute atomic E-state index is 0.0942. The van der Waals surface area contributed by atoms with E-state index in [1.54, 1.807) is 35.2 Å². The average molecular weight is 420 g/mol. The molecule has 0 unspecified atom stereocenters. The number of nitrogens with zero attached hydrogens (tertiary/aromatic N) is 1. The third kappa shape index (κ3) is 3.48. The monoisotopic (exact) mass is 420 g/mol. The summed E-state index contributed by atoms with van der Waals surface area (Å²) in [6.45, 7) is 4.11. The van der Waals surface area contributed by atoms with E-state index in [4.69, 9.17) is 5.73 Å². The van der Waals surface area contributed by atoms with Crippen LogP contribution in [0.1, 0.15) is 15.9 Å². The minimum atomic E-state index is -3.26. The van der Waals surface area contributed by atoms with Crippen molar-refractivity contribution >= 4 is 32.4 Å². The fourth-order valence-corrected chi connectivity index (χ4v) is 4.33. The Morgan fingerprint density at radius 2 is 1.70 bits per heavy atom. The lowest BCUT2D eigenvalue weighted by Gasteiger charge is -2.15.